The van der Waals surface area contributed by atoms with Crippen molar-refractivity contribution in [3.8, 4) is 0 Å². The van der Waals surface area contributed by atoms with Crippen LogP contribution in [0.3, 0.4) is 0 Å². The highest BCUT2D eigenvalue weighted by molar-refractivity contribution is 5.21. The van der Waals surface area contributed by atoms with Crippen LogP contribution in [0.4, 0.5) is 0 Å². The number of benzene rings is 1. The van der Waals surface area contributed by atoms with Crippen LogP contribution in [0, 0.1) is 0 Å². The molecule has 1 aromatic rings. The van der Waals surface area contributed by atoms with Crippen molar-refractivity contribution in [2.45, 2.75) is 50.6 Å². The van der Waals surface area contributed by atoms with E-state index in [1.54, 1.807) is 0 Å². The summed E-state index contributed by atoms with van der Waals surface area (Å²) in [5, 5.41) is 3.63. The van der Waals surface area contributed by atoms with Crippen LogP contribution in [-0.2, 0) is 0 Å². The summed E-state index contributed by atoms with van der Waals surface area (Å²) in [5.74, 6) is 0.750. The highest BCUT2D eigenvalue weighted by Crippen LogP contribution is 2.28. The van der Waals surface area contributed by atoms with Gasteiger partial charge in [0.25, 0.3) is 0 Å². The summed E-state index contributed by atoms with van der Waals surface area (Å²) in [7, 11) is 0. The largest absolute Gasteiger partial charge is 0.314 e. The zero-order valence-electron chi connectivity index (χ0n) is 12.0. The summed E-state index contributed by atoms with van der Waals surface area (Å²) in [4.78, 5) is 2.67. The Bertz CT molecular complexity index is 386. The van der Waals surface area contributed by atoms with Crippen LogP contribution >= 0.6 is 0 Å². The third-order valence-electron chi connectivity index (χ3n) is 4.69. The third kappa shape index (κ3) is 3.58. The fraction of sp³-hybridized carbons (Fsp3) is 0.647. The van der Waals surface area contributed by atoms with E-state index in [9.17, 15) is 0 Å². The predicted molar refractivity (Wildman–Crippen MR) is 80.5 cm³/mol. The molecule has 1 aliphatic carbocycles. The van der Waals surface area contributed by atoms with Gasteiger partial charge in [0.1, 0.15) is 0 Å². The average molecular weight is 258 g/mol. The van der Waals surface area contributed by atoms with Gasteiger partial charge in [-0.05, 0) is 57.2 Å². The lowest BCUT2D eigenvalue weighted by Gasteiger charge is -2.24. The van der Waals surface area contributed by atoms with Gasteiger partial charge >= 0.3 is 0 Å². The predicted octanol–water partition coefficient (Wildman–Crippen LogP) is 3.01. The van der Waals surface area contributed by atoms with Gasteiger partial charge in [-0.3, -0.25) is 4.90 Å². The summed E-state index contributed by atoms with van der Waals surface area (Å²) < 4.78 is 0. The van der Waals surface area contributed by atoms with Gasteiger partial charge in [-0.25, -0.2) is 0 Å². The lowest BCUT2D eigenvalue weighted by molar-refractivity contribution is 0.242. The normalized spacial score (nSPS) is 25.6. The highest BCUT2D eigenvalue weighted by atomic mass is 15.2. The molecule has 0 aromatic heterocycles. The summed E-state index contributed by atoms with van der Waals surface area (Å²) in [6.45, 7) is 6.10. The minimum atomic E-state index is 0.722. The molecule has 1 N–H and O–H groups in total. The highest BCUT2D eigenvalue weighted by Gasteiger charge is 2.27. The Labute approximate surface area is 117 Å². The van der Waals surface area contributed by atoms with E-state index in [0.29, 0.717) is 0 Å². The average Bonchev–Trinajstić information content (AvgIpc) is 3.13. The Balaban J connectivity index is 1.45. The molecule has 0 radical (unpaired) electrons. The Morgan fingerprint density at radius 2 is 2.00 bits per heavy atom. The van der Waals surface area contributed by atoms with Crippen LogP contribution in [-0.4, -0.2) is 36.6 Å². The first-order valence-electron chi connectivity index (χ1n) is 7.85. The molecule has 1 aliphatic heterocycles. The molecular weight excluding hydrogens is 232 g/mol. The molecule has 0 spiro atoms. The molecule has 3 rings (SSSR count). The molecule has 2 heteroatoms. The van der Waals surface area contributed by atoms with Gasteiger partial charge < -0.3 is 5.32 Å². The first kappa shape index (κ1) is 13.1. The van der Waals surface area contributed by atoms with Crippen molar-refractivity contribution in [3.63, 3.8) is 0 Å². The van der Waals surface area contributed by atoms with E-state index >= 15 is 0 Å². The van der Waals surface area contributed by atoms with Gasteiger partial charge in [0.2, 0.25) is 0 Å². The van der Waals surface area contributed by atoms with Crippen molar-refractivity contribution in [2.24, 2.45) is 0 Å². The number of likely N-dealkylation sites (tertiary alicyclic amines) is 1. The lowest BCUT2D eigenvalue weighted by Crippen LogP contribution is -2.34. The Morgan fingerprint density at radius 1 is 1.21 bits per heavy atom. The minimum Gasteiger partial charge on any atom is -0.314 e. The maximum atomic E-state index is 3.63. The topological polar surface area (TPSA) is 15.3 Å². The van der Waals surface area contributed by atoms with E-state index in [2.05, 4.69) is 47.5 Å². The maximum Gasteiger partial charge on any atom is 0.00792 e. The third-order valence-corrected chi connectivity index (χ3v) is 4.69. The monoisotopic (exact) mass is 258 g/mol. The second-order valence-corrected chi connectivity index (χ2v) is 6.26. The molecule has 2 atom stereocenters. The van der Waals surface area contributed by atoms with E-state index in [0.717, 1.165) is 18.0 Å². The van der Waals surface area contributed by atoms with E-state index in [1.807, 2.05) is 0 Å². The van der Waals surface area contributed by atoms with Gasteiger partial charge in [-0.15, -0.1) is 0 Å². The minimum absolute atomic E-state index is 0.722. The molecule has 1 aromatic carbocycles. The summed E-state index contributed by atoms with van der Waals surface area (Å²) in [6, 6.07) is 12.6. The fourth-order valence-corrected chi connectivity index (χ4v) is 3.15. The van der Waals surface area contributed by atoms with Crippen LogP contribution in [0.2, 0.25) is 0 Å². The molecule has 0 amide bonds. The Morgan fingerprint density at radius 3 is 2.74 bits per heavy atom. The van der Waals surface area contributed by atoms with Crippen molar-refractivity contribution in [1.29, 1.82) is 0 Å². The first-order valence-corrected chi connectivity index (χ1v) is 7.85. The number of rotatable bonds is 6. The summed E-state index contributed by atoms with van der Waals surface area (Å²) in [5.41, 5.74) is 1.52. The van der Waals surface area contributed by atoms with Crippen molar-refractivity contribution in [3.05, 3.63) is 35.9 Å². The van der Waals surface area contributed by atoms with Gasteiger partial charge in [0.05, 0.1) is 0 Å². The van der Waals surface area contributed by atoms with E-state index < -0.39 is 0 Å². The summed E-state index contributed by atoms with van der Waals surface area (Å²) >= 11 is 0. The van der Waals surface area contributed by atoms with Crippen molar-refractivity contribution < 1.29 is 0 Å². The van der Waals surface area contributed by atoms with Crippen LogP contribution in [0.15, 0.2) is 30.3 Å². The zero-order valence-corrected chi connectivity index (χ0v) is 12.0. The molecular formula is C17H26N2. The lowest BCUT2D eigenvalue weighted by atomic mass is 9.99. The molecule has 2 aliphatic rings. The van der Waals surface area contributed by atoms with Crippen molar-refractivity contribution in [2.75, 3.05) is 19.6 Å². The van der Waals surface area contributed by atoms with Crippen LogP contribution < -0.4 is 5.32 Å². The first-order chi connectivity index (χ1) is 9.33. The summed E-state index contributed by atoms with van der Waals surface area (Å²) in [6.07, 6.45) is 5.41. The fourth-order valence-electron chi connectivity index (χ4n) is 3.15. The second kappa shape index (κ2) is 6.06. The molecule has 1 saturated heterocycles. The van der Waals surface area contributed by atoms with E-state index in [-0.39, 0.29) is 0 Å². The zero-order chi connectivity index (χ0) is 13.1. The van der Waals surface area contributed by atoms with E-state index in [4.69, 9.17) is 0 Å². The number of nitrogens with zero attached hydrogens (tertiary/aromatic N) is 1. The SMILES string of the molecule is CC(CCNC1CC1)N1CCC(c2ccccc2)C1. The van der Waals surface area contributed by atoms with Gasteiger partial charge in [0.15, 0.2) is 0 Å². The molecule has 1 heterocycles. The van der Waals surface area contributed by atoms with Crippen LogP contribution in [0.1, 0.15) is 44.1 Å². The van der Waals surface area contributed by atoms with Gasteiger partial charge in [-0.1, -0.05) is 30.3 Å². The Hall–Kier alpha value is -0.860. The Kier molecular flexibility index (Phi) is 4.19. The molecule has 2 nitrogen and oxygen atoms in total. The van der Waals surface area contributed by atoms with Crippen LogP contribution in [0.25, 0.3) is 0 Å². The molecule has 19 heavy (non-hydrogen) atoms. The molecule has 2 unspecified atom stereocenters. The molecule has 104 valence electrons. The van der Waals surface area contributed by atoms with Gasteiger partial charge in [0, 0.05) is 18.6 Å². The smallest absolute Gasteiger partial charge is 0.00792 e. The molecule has 2 fully saturated rings. The molecule has 1 saturated carbocycles. The van der Waals surface area contributed by atoms with E-state index in [1.165, 1.54) is 50.9 Å². The number of hydrogen-bond acceptors (Lipinski definition) is 2. The second-order valence-electron chi connectivity index (χ2n) is 6.26. The number of hydrogen-bond donors (Lipinski definition) is 1. The van der Waals surface area contributed by atoms with Crippen LogP contribution in [0.5, 0.6) is 0 Å². The maximum absolute atomic E-state index is 3.63. The van der Waals surface area contributed by atoms with Crippen molar-refractivity contribution in [1.82, 2.24) is 10.2 Å². The van der Waals surface area contributed by atoms with Gasteiger partial charge in [-0.2, -0.15) is 0 Å². The van der Waals surface area contributed by atoms with Crippen molar-refractivity contribution >= 4 is 0 Å². The number of nitrogens with one attached hydrogen (secondary N) is 1. The molecule has 0 bridgehead atoms. The quantitative estimate of drug-likeness (QED) is 0.844. The standard InChI is InChI=1S/C17H26N2/c1-14(9-11-18-17-7-8-17)19-12-10-16(13-19)15-5-3-2-4-6-15/h2-6,14,16-18H,7-13H2,1H3.